The minimum absolute atomic E-state index is 0.0762. The highest BCUT2D eigenvalue weighted by Gasteiger charge is 2.21. The molecular formula is C17H18INO. The van der Waals surface area contributed by atoms with Crippen molar-refractivity contribution in [2.45, 2.75) is 12.3 Å². The summed E-state index contributed by atoms with van der Waals surface area (Å²) in [6.07, 6.45) is 1.00. The van der Waals surface area contributed by atoms with Gasteiger partial charge in [0, 0.05) is 11.0 Å². The van der Waals surface area contributed by atoms with Crippen LogP contribution in [0.4, 0.5) is 0 Å². The molecule has 0 aromatic heterocycles. The van der Waals surface area contributed by atoms with E-state index < -0.39 is 0 Å². The molecule has 0 spiro atoms. The molecule has 0 aliphatic carbocycles. The Morgan fingerprint density at radius 1 is 0.950 bits per heavy atom. The van der Waals surface area contributed by atoms with Crippen molar-refractivity contribution in [3.8, 4) is 0 Å². The summed E-state index contributed by atoms with van der Waals surface area (Å²) in [4.78, 5) is 12.5. The van der Waals surface area contributed by atoms with Crippen molar-refractivity contribution in [1.29, 1.82) is 0 Å². The van der Waals surface area contributed by atoms with E-state index in [1.54, 1.807) is 0 Å². The smallest absolute Gasteiger partial charge is 0.232 e. The number of hydrogen-bond donors (Lipinski definition) is 1. The molecule has 20 heavy (non-hydrogen) atoms. The largest absolute Gasteiger partial charge is 0.355 e. The summed E-state index contributed by atoms with van der Waals surface area (Å²) in [5.41, 5.74) is 2.07. The van der Waals surface area contributed by atoms with Gasteiger partial charge in [-0.1, -0.05) is 83.3 Å². The van der Waals surface area contributed by atoms with E-state index >= 15 is 0 Å². The first-order valence-electron chi connectivity index (χ1n) is 6.76. The lowest BCUT2D eigenvalue weighted by Crippen LogP contribution is -2.31. The number of alkyl halides is 1. The van der Waals surface area contributed by atoms with E-state index in [4.69, 9.17) is 0 Å². The Kier molecular flexibility index (Phi) is 6.05. The maximum atomic E-state index is 12.5. The van der Waals surface area contributed by atoms with E-state index in [0.717, 1.165) is 28.5 Å². The predicted molar refractivity (Wildman–Crippen MR) is 91.2 cm³/mol. The highest BCUT2D eigenvalue weighted by Crippen LogP contribution is 2.24. The van der Waals surface area contributed by atoms with Crippen molar-refractivity contribution in [2.75, 3.05) is 11.0 Å². The van der Waals surface area contributed by atoms with Crippen LogP contribution >= 0.6 is 22.6 Å². The third-order valence-corrected chi connectivity index (χ3v) is 3.90. The average molecular weight is 379 g/mol. The maximum Gasteiger partial charge on any atom is 0.232 e. The van der Waals surface area contributed by atoms with E-state index in [1.165, 1.54) is 0 Å². The van der Waals surface area contributed by atoms with Gasteiger partial charge in [-0.15, -0.1) is 0 Å². The van der Waals surface area contributed by atoms with Crippen molar-refractivity contribution >= 4 is 28.5 Å². The van der Waals surface area contributed by atoms with Gasteiger partial charge in [0.2, 0.25) is 5.91 Å². The topological polar surface area (TPSA) is 29.1 Å². The summed E-state index contributed by atoms with van der Waals surface area (Å²) in [6, 6.07) is 19.9. The number of rotatable bonds is 6. The number of carbonyl (C=O) groups excluding carboxylic acids is 1. The SMILES string of the molecule is O=C(NCCCI)C(c1ccccc1)c1ccccc1. The molecule has 0 heterocycles. The zero-order chi connectivity index (χ0) is 14.2. The summed E-state index contributed by atoms with van der Waals surface area (Å²) in [7, 11) is 0. The molecule has 2 aromatic carbocycles. The quantitative estimate of drug-likeness (QED) is 0.462. The fourth-order valence-electron chi connectivity index (χ4n) is 2.17. The highest BCUT2D eigenvalue weighted by atomic mass is 127. The first-order valence-corrected chi connectivity index (χ1v) is 8.29. The monoisotopic (exact) mass is 379 g/mol. The van der Waals surface area contributed by atoms with Crippen LogP contribution in [0.2, 0.25) is 0 Å². The number of benzene rings is 2. The second-order valence-corrected chi connectivity index (χ2v) is 5.67. The van der Waals surface area contributed by atoms with Crippen LogP contribution in [0.15, 0.2) is 60.7 Å². The first-order chi connectivity index (χ1) is 9.83. The molecule has 0 atom stereocenters. The molecule has 0 unspecified atom stereocenters. The molecule has 0 radical (unpaired) electrons. The summed E-state index contributed by atoms with van der Waals surface area (Å²) in [5, 5.41) is 3.04. The van der Waals surface area contributed by atoms with Gasteiger partial charge in [-0.05, 0) is 17.5 Å². The van der Waals surface area contributed by atoms with Crippen LogP contribution < -0.4 is 5.32 Å². The van der Waals surface area contributed by atoms with E-state index in [2.05, 4.69) is 27.9 Å². The number of hydrogen-bond acceptors (Lipinski definition) is 1. The van der Waals surface area contributed by atoms with E-state index in [-0.39, 0.29) is 11.8 Å². The molecule has 0 saturated heterocycles. The van der Waals surface area contributed by atoms with Crippen LogP contribution in [0, 0.1) is 0 Å². The Hall–Kier alpha value is -1.36. The third kappa shape index (κ3) is 4.07. The van der Waals surface area contributed by atoms with Gasteiger partial charge < -0.3 is 5.32 Å². The van der Waals surface area contributed by atoms with Gasteiger partial charge in [0.15, 0.2) is 0 Å². The first kappa shape index (κ1) is 15.0. The number of nitrogens with one attached hydrogen (secondary N) is 1. The van der Waals surface area contributed by atoms with Crippen molar-refractivity contribution in [2.24, 2.45) is 0 Å². The van der Waals surface area contributed by atoms with Crippen LogP contribution in [-0.4, -0.2) is 16.9 Å². The Morgan fingerprint density at radius 2 is 1.45 bits per heavy atom. The maximum absolute atomic E-state index is 12.5. The molecule has 104 valence electrons. The number of halogens is 1. The molecule has 0 aliphatic heterocycles. The second-order valence-electron chi connectivity index (χ2n) is 4.59. The fourth-order valence-corrected chi connectivity index (χ4v) is 2.55. The molecule has 3 heteroatoms. The minimum Gasteiger partial charge on any atom is -0.355 e. The molecule has 0 saturated carbocycles. The van der Waals surface area contributed by atoms with Gasteiger partial charge in [-0.25, -0.2) is 0 Å². The van der Waals surface area contributed by atoms with Crippen LogP contribution in [0.5, 0.6) is 0 Å². The molecule has 1 N–H and O–H groups in total. The lowest BCUT2D eigenvalue weighted by Gasteiger charge is -2.17. The normalized spacial score (nSPS) is 10.5. The summed E-state index contributed by atoms with van der Waals surface area (Å²) < 4.78 is 1.05. The Morgan fingerprint density at radius 3 is 1.90 bits per heavy atom. The summed E-state index contributed by atoms with van der Waals surface area (Å²) in [6.45, 7) is 0.734. The average Bonchev–Trinajstić information content (AvgIpc) is 2.50. The van der Waals surface area contributed by atoms with Gasteiger partial charge >= 0.3 is 0 Å². The lowest BCUT2D eigenvalue weighted by atomic mass is 9.90. The van der Waals surface area contributed by atoms with Crippen LogP contribution in [0.1, 0.15) is 23.5 Å². The van der Waals surface area contributed by atoms with E-state index in [0.29, 0.717) is 0 Å². The standard InChI is InChI=1S/C17H18INO/c18-12-7-13-19-17(20)16(14-8-3-1-4-9-14)15-10-5-2-6-11-15/h1-6,8-11,16H,7,12-13H2,(H,19,20). The van der Waals surface area contributed by atoms with Gasteiger partial charge in [0.25, 0.3) is 0 Å². The van der Waals surface area contributed by atoms with Gasteiger partial charge in [-0.3, -0.25) is 4.79 Å². The van der Waals surface area contributed by atoms with Crippen molar-refractivity contribution < 1.29 is 4.79 Å². The Labute approximate surface area is 133 Å². The summed E-state index contributed by atoms with van der Waals surface area (Å²) in [5.74, 6) is -0.154. The molecule has 2 rings (SSSR count). The van der Waals surface area contributed by atoms with Crippen molar-refractivity contribution in [1.82, 2.24) is 5.32 Å². The fraction of sp³-hybridized carbons (Fsp3) is 0.235. The van der Waals surface area contributed by atoms with Crippen molar-refractivity contribution in [3.63, 3.8) is 0 Å². The van der Waals surface area contributed by atoms with Crippen LogP contribution in [-0.2, 0) is 4.79 Å². The highest BCUT2D eigenvalue weighted by molar-refractivity contribution is 14.1. The predicted octanol–water partition coefficient (Wildman–Crippen LogP) is 3.76. The molecule has 2 aromatic rings. The Bertz CT molecular complexity index is 488. The Balaban J connectivity index is 2.23. The molecule has 1 amide bonds. The van der Waals surface area contributed by atoms with Gasteiger partial charge in [-0.2, -0.15) is 0 Å². The molecule has 2 nitrogen and oxygen atoms in total. The number of amides is 1. The molecular weight excluding hydrogens is 361 g/mol. The zero-order valence-corrected chi connectivity index (χ0v) is 13.4. The minimum atomic E-state index is -0.230. The van der Waals surface area contributed by atoms with Gasteiger partial charge in [0.1, 0.15) is 0 Å². The zero-order valence-electron chi connectivity index (χ0n) is 11.3. The molecule has 0 aliphatic rings. The summed E-state index contributed by atoms with van der Waals surface area (Å²) >= 11 is 2.32. The van der Waals surface area contributed by atoms with Gasteiger partial charge in [0.05, 0.1) is 5.92 Å². The van der Waals surface area contributed by atoms with E-state index in [1.807, 2.05) is 60.7 Å². The molecule has 0 bridgehead atoms. The lowest BCUT2D eigenvalue weighted by molar-refractivity contribution is -0.121. The van der Waals surface area contributed by atoms with Crippen LogP contribution in [0.3, 0.4) is 0 Å². The third-order valence-electron chi connectivity index (χ3n) is 3.14. The molecule has 0 fully saturated rings. The van der Waals surface area contributed by atoms with Crippen LogP contribution in [0.25, 0.3) is 0 Å². The number of carbonyl (C=O) groups is 1. The second kappa shape index (κ2) is 8.04. The van der Waals surface area contributed by atoms with Crippen molar-refractivity contribution in [3.05, 3.63) is 71.8 Å². The van der Waals surface area contributed by atoms with E-state index in [9.17, 15) is 4.79 Å².